The smallest absolute Gasteiger partial charge is 0.228 e. The normalized spacial score (nSPS) is 11.0. The maximum atomic E-state index is 11.9. The molecule has 22 heavy (non-hydrogen) atoms. The van der Waals surface area contributed by atoms with E-state index in [2.05, 4.69) is 36.2 Å². The lowest BCUT2D eigenvalue weighted by molar-refractivity contribution is -0.128. The van der Waals surface area contributed by atoms with Crippen LogP contribution >= 0.6 is 11.3 Å². The molecule has 114 valence electrons. The van der Waals surface area contributed by atoms with Crippen molar-refractivity contribution in [3.05, 3.63) is 47.1 Å². The van der Waals surface area contributed by atoms with Crippen LogP contribution in [0, 0.1) is 0 Å². The first-order valence-corrected chi connectivity index (χ1v) is 8.21. The minimum Gasteiger partial charge on any atom is -0.348 e. The highest BCUT2D eigenvalue weighted by Gasteiger charge is 2.13. The standard InChI is InChI=1S/C17H19N3OS/c1-4-12-5-7-13(8-6-12)15-10-20-14(9-16(21)19(2)3)11-22-17(20)18-15/h5-8,10-11H,4,9H2,1-3H3. The molecule has 0 unspecified atom stereocenters. The third-order valence-electron chi connectivity index (χ3n) is 3.77. The summed E-state index contributed by atoms with van der Waals surface area (Å²) in [6.07, 6.45) is 3.46. The summed E-state index contributed by atoms with van der Waals surface area (Å²) in [6, 6.07) is 8.49. The SMILES string of the molecule is CCc1ccc(-c2cn3c(CC(=O)N(C)C)csc3n2)cc1. The molecule has 1 aromatic carbocycles. The van der Waals surface area contributed by atoms with E-state index in [0.29, 0.717) is 6.42 Å². The van der Waals surface area contributed by atoms with Crippen LogP contribution in [-0.4, -0.2) is 34.3 Å². The van der Waals surface area contributed by atoms with Crippen molar-refractivity contribution in [1.29, 1.82) is 0 Å². The molecule has 0 atom stereocenters. The summed E-state index contributed by atoms with van der Waals surface area (Å²) in [7, 11) is 3.56. The summed E-state index contributed by atoms with van der Waals surface area (Å²) in [5.41, 5.74) is 4.37. The predicted molar refractivity (Wildman–Crippen MR) is 90.3 cm³/mol. The van der Waals surface area contributed by atoms with Gasteiger partial charge in [-0.15, -0.1) is 11.3 Å². The molecule has 1 amide bonds. The van der Waals surface area contributed by atoms with Gasteiger partial charge in [0.1, 0.15) is 0 Å². The molecule has 0 aliphatic rings. The van der Waals surface area contributed by atoms with E-state index < -0.39 is 0 Å². The number of carbonyl (C=O) groups excluding carboxylic acids is 1. The first kappa shape index (κ1) is 14.8. The molecule has 0 bridgehead atoms. The molecule has 0 aliphatic heterocycles. The van der Waals surface area contributed by atoms with Crippen LogP contribution in [-0.2, 0) is 17.6 Å². The molecule has 0 N–H and O–H groups in total. The Hall–Kier alpha value is -2.14. The number of thiazole rings is 1. The Bertz CT molecular complexity index is 799. The van der Waals surface area contributed by atoms with Crippen molar-refractivity contribution in [2.45, 2.75) is 19.8 Å². The van der Waals surface area contributed by atoms with Gasteiger partial charge in [0.05, 0.1) is 12.1 Å². The fraction of sp³-hybridized carbons (Fsp3) is 0.294. The van der Waals surface area contributed by atoms with Gasteiger partial charge in [-0.2, -0.15) is 0 Å². The number of likely N-dealkylation sites (N-methyl/N-ethyl adjacent to an activating group) is 1. The topological polar surface area (TPSA) is 37.6 Å². The van der Waals surface area contributed by atoms with Crippen molar-refractivity contribution in [3.8, 4) is 11.3 Å². The Morgan fingerprint density at radius 1 is 1.27 bits per heavy atom. The van der Waals surface area contributed by atoms with Gasteiger partial charge in [0, 0.05) is 36.9 Å². The van der Waals surface area contributed by atoms with Gasteiger partial charge < -0.3 is 4.90 Å². The lowest BCUT2D eigenvalue weighted by Crippen LogP contribution is -2.23. The number of fused-ring (bicyclic) bond motifs is 1. The number of nitrogens with zero attached hydrogens (tertiary/aromatic N) is 3. The maximum Gasteiger partial charge on any atom is 0.228 e. The number of rotatable bonds is 4. The zero-order valence-corrected chi connectivity index (χ0v) is 13.9. The van der Waals surface area contributed by atoms with E-state index in [0.717, 1.165) is 28.3 Å². The van der Waals surface area contributed by atoms with Gasteiger partial charge in [-0.3, -0.25) is 9.20 Å². The molecule has 0 spiro atoms. The van der Waals surface area contributed by atoms with Gasteiger partial charge in [0.2, 0.25) is 5.91 Å². The summed E-state index contributed by atoms with van der Waals surface area (Å²) in [4.78, 5) is 19.1. The molecule has 0 aliphatic carbocycles. The average molecular weight is 313 g/mol. The Balaban J connectivity index is 1.92. The quantitative estimate of drug-likeness (QED) is 0.741. The first-order valence-electron chi connectivity index (χ1n) is 7.33. The fourth-order valence-electron chi connectivity index (χ4n) is 2.32. The highest BCUT2D eigenvalue weighted by molar-refractivity contribution is 7.15. The number of aromatic nitrogens is 2. The monoisotopic (exact) mass is 313 g/mol. The third-order valence-corrected chi connectivity index (χ3v) is 4.66. The molecular weight excluding hydrogens is 294 g/mol. The molecule has 3 rings (SSSR count). The van der Waals surface area contributed by atoms with Crippen LogP contribution < -0.4 is 0 Å². The van der Waals surface area contributed by atoms with E-state index in [1.807, 2.05) is 16.0 Å². The van der Waals surface area contributed by atoms with Gasteiger partial charge >= 0.3 is 0 Å². The van der Waals surface area contributed by atoms with E-state index in [9.17, 15) is 4.79 Å². The minimum atomic E-state index is 0.0993. The van der Waals surface area contributed by atoms with E-state index in [1.54, 1.807) is 30.3 Å². The number of carbonyl (C=O) groups is 1. The van der Waals surface area contributed by atoms with Crippen LogP contribution in [0.5, 0.6) is 0 Å². The Morgan fingerprint density at radius 2 is 2.00 bits per heavy atom. The fourth-order valence-corrected chi connectivity index (χ4v) is 3.19. The average Bonchev–Trinajstić information content (AvgIpc) is 3.09. The van der Waals surface area contributed by atoms with Crippen LogP contribution in [0.3, 0.4) is 0 Å². The van der Waals surface area contributed by atoms with Crippen LogP contribution in [0.1, 0.15) is 18.2 Å². The van der Waals surface area contributed by atoms with Crippen molar-refractivity contribution >= 4 is 22.2 Å². The summed E-state index contributed by atoms with van der Waals surface area (Å²) in [5.74, 6) is 0.0993. The van der Waals surface area contributed by atoms with Crippen molar-refractivity contribution in [1.82, 2.24) is 14.3 Å². The molecule has 0 radical (unpaired) electrons. The molecule has 0 saturated heterocycles. The number of amides is 1. The predicted octanol–water partition coefficient (Wildman–Crippen LogP) is 3.26. The first-order chi connectivity index (χ1) is 10.6. The highest BCUT2D eigenvalue weighted by Crippen LogP contribution is 2.24. The number of benzene rings is 1. The zero-order chi connectivity index (χ0) is 15.7. The van der Waals surface area contributed by atoms with Crippen LogP contribution in [0.25, 0.3) is 16.2 Å². The van der Waals surface area contributed by atoms with Crippen molar-refractivity contribution in [2.75, 3.05) is 14.1 Å². The number of imidazole rings is 1. The summed E-state index contributed by atoms with van der Waals surface area (Å²) in [5, 5.41) is 2.01. The minimum absolute atomic E-state index is 0.0993. The number of hydrogen-bond acceptors (Lipinski definition) is 3. The summed E-state index contributed by atoms with van der Waals surface area (Å²) < 4.78 is 2.02. The second-order valence-corrected chi connectivity index (χ2v) is 6.36. The lowest BCUT2D eigenvalue weighted by atomic mass is 10.1. The molecule has 2 aromatic heterocycles. The van der Waals surface area contributed by atoms with E-state index >= 15 is 0 Å². The molecule has 0 saturated carbocycles. The van der Waals surface area contributed by atoms with Crippen LogP contribution in [0.2, 0.25) is 0 Å². The third kappa shape index (κ3) is 2.76. The molecule has 5 heteroatoms. The van der Waals surface area contributed by atoms with Crippen molar-refractivity contribution in [3.63, 3.8) is 0 Å². The largest absolute Gasteiger partial charge is 0.348 e. The lowest BCUT2D eigenvalue weighted by Gasteiger charge is -2.08. The molecular formula is C17H19N3OS. The maximum absolute atomic E-state index is 11.9. The highest BCUT2D eigenvalue weighted by atomic mass is 32.1. The molecule has 4 nitrogen and oxygen atoms in total. The van der Waals surface area contributed by atoms with Crippen LogP contribution in [0.4, 0.5) is 0 Å². The van der Waals surface area contributed by atoms with E-state index in [1.165, 1.54) is 5.56 Å². The van der Waals surface area contributed by atoms with Gasteiger partial charge in [0.25, 0.3) is 0 Å². The summed E-state index contributed by atoms with van der Waals surface area (Å²) >= 11 is 1.57. The Kier molecular flexibility index (Phi) is 3.98. The zero-order valence-electron chi connectivity index (χ0n) is 13.0. The molecule has 2 heterocycles. The Morgan fingerprint density at radius 3 is 2.64 bits per heavy atom. The second kappa shape index (κ2) is 5.93. The second-order valence-electron chi connectivity index (χ2n) is 5.52. The summed E-state index contributed by atoms with van der Waals surface area (Å²) in [6.45, 7) is 2.15. The van der Waals surface area contributed by atoms with Crippen molar-refractivity contribution in [2.24, 2.45) is 0 Å². The number of hydrogen-bond donors (Lipinski definition) is 0. The molecule has 0 fully saturated rings. The van der Waals surface area contributed by atoms with Crippen LogP contribution in [0.15, 0.2) is 35.8 Å². The van der Waals surface area contributed by atoms with Gasteiger partial charge in [0.15, 0.2) is 4.96 Å². The number of aryl methyl sites for hydroxylation is 1. The molecule has 3 aromatic rings. The van der Waals surface area contributed by atoms with Gasteiger partial charge in [-0.25, -0.2) is 4.98 Å². The van der Waals surface area contributed by atoms with Gasteiger partial charge in [-0.05, 0) is 12.0 Å². The van der Waals surface area contributed by atoms with Gasteiger partial charge in [-0.1, -0.05) is 31.2 Å². The van der Waals surface area contributed by atoms with E-state index in [4.69, 9.17) is 0 Å². The van der Waals surface area contributed by atoms with E-state index in [-0.39, 0.29) is 5.91 Å². The van der Waals surface area contributed by atoms with Crippen molar-refractivity contribution < 1.29 is 4.79 Å². The Labute approximate surface area is 134 Å².